The number of aryl methyl sites for hydroxylation is 1. The van der Waals surface area contributed by atoms with Gasteiger partial charge in [-0.05, 0) is 27.2 Å². The van der Waals surface area contributed by atoms with Gasteiger partial charge in [0.05, 0.1) is 6.54 Å². The molecule has 0 aliphatic heterocycles. The van der Waals surface area contributed by atoms with E-state index < -0.39 is 0 Å². The Morgan fingerprint density at radius 2 is 1.85 bits per heavy atom. The molecule has 0 aliphatic carbocycles. The summed E-state index contributed by atoms with van der Waals surface area (Å²) in [6.45, 7) is 9.36. The molecule has 0 spiro atoms. The van der Waals surface area contributed by atoms with Gasteiger partial charge in [0.2, 0.25) is 0 Å². The maximum absolute atomic E-state index is 4.10. The van der Waals surface area contributed by atoms with Crippen molar-refractivity contribution in [3.63, 3.8) is 0 Å². The Morgan fingerprint density at radius 1 is 1.23 bits per heavy atom. The van der Waals surface area contributed by atoms with Crippen molar-refractivity contribution < 1.29 is 0 Å². The summed E-state index contributed by atoms with van der Waals surface area (Å²) in [5.41, 5.74) is 0.151. The SMILES string of the molecule is CCc1nnc(CNC(C)(C)C)s1. The largest absolute Gasteiger partial charge is 0.306 e. The highest BCUT2D eigenvalue weighted by Crippen LogP contribution is 2.11. The molecule has 74 valence electrons. The van der Waals surface area contributed by atoms with Crippen molar-refractivity contribution in [3.8, 4) is 0 Å². The van der Waals surface area contributed by atoms with Gasteiger partial charge in [-0.25, -0.2) is 0 Å². The van der Waals surface area contributed by atoms with Gasteiger partial charge in [0.25, 0.3) is 0 Å². The predicted molar refractivity (Wildman–Crippen MR) is 55.9 cm³/mol. The third kappa shape index (κ3) is 3.83. The van der Waals surface area contributed by atoms with Crippen LogP contribution in [0.5, 0.6) is 0 Å². The van der Waals surface area contributed by atoms with Crippen LogP contribution in [0.25, 0.3) is 0 Å². The molecule has 4 heteroatoms. The van der Waals surface area contributed by atoms with Crippen molar-refractivity contribution >= 4 is 11.3 Å². The molecule has 3 nitrogen and oxygen atoms in total. The topological polar surface area (TPSA) is 37.8 Å². The molecule has 0 aliphatic rings. The lowest BCUT2D eigenvalue weighted by Gasteiger charge is -2.19. The second-order valence-corrected chi connectivity index (χ2v) is 5.19. The van der Waals surface area contributed by atoms with Gasteiger partial charge in [-0.2, -0.15) is 0 Å². The first kappa shape index (κ1) is 10.6. The first-order chi connectivity index (χ1) is 6.01. The molecule has 0 aromatic carbocycles. The van der Waals surface area contributed by atoms with Gasteiger partial charge >= 0.3 is 0 Å². The first-order valence-corrected chi connectivity index (χ1v) is 5.39. The van der Waals surface area contributed by atoms with E-state index in [1.807, 2.05) is 0 Å². The molecule has 0 unspecified atom stereocenters. The summed E-state index contributed by atoms with van der Waals surface area (Å²) in [7, 11) is 0. The summed E-state index contributed by atoms with van der Waals surface area (Å²) in [6, 6.07) is 0. The lowest BCUT2D eigenvalue weighted by atomic mass is 10.1. The molecular formula is C9H17N3S. The Kier molecular flexibility index (Phi) is 3.39. The molecule has 0 atom stereocenters. The molecule has 1 N–H and O–H groups in total. The average Bonchev–Trinajstić information content (AvgIpc) is 2.47. The lowest BCUT2D eigenvalue weighted by molar-refractivity contribution is 0.423. The number of aromatic nitrogens is 2. The van der Waals surface area contributed by atoms with Gasteiger partial charge in [-0.15, -0.1) is 21.5 Å². The third-order valence-corrected chi connectivity index (χ3v) is 2.65. The van der Waals surface area contributed by atoms with Gasteiger partial charge in [-0.3, -0.25) is 0 Å². The van der Waals surface area contributed by atoms with Crippen LogP contribution in [-0.2, 0) is 13.0 Å². The molecular weight excluding hydrogens is 182 g/mol. The first-order valence-electron chi connectivity index (χ1n) is 4.57. The van der Waals surface area contributed by atoms with Crippen LogP contribution in [0.4, 0.5) is 0 Å². The number of hydrogen-bond donors (Lipinski definition) is 1. The zero-order valence-corrected chi connectivity index (χ0v) is 9.53. The van der Waals surface area contributed by atoms with Crippen LogP contribution in [0.3, 0.4) is 0 Å². The predicted octanol–water partition coefficient (Wildman–Crippen LogP) is 1.99. The van der Waals surface area contributed by atoms with Crippen molar-refractivity contribution in [1.82, 2.24) is 15.5 Å². The normalized spacial score (nSPS) is 12.0. The zero-order chi connectivity index (χ0) is 9.90. The molecule has 0 saturated carbocycles. The van der Waals surface area contributed by atoms with E-state index in [0.29, 0.717) is 0 Å². The van der Waals surface area contributed by atoms with Gasteiger partial charge in [-0.1, -0.05) is 6.92 Å². The summed E-state index contributed by atoms with van der Waals surface area (Å²) in [5, 5.41) is 13.7. The quantitative estimate of drug-likeness (QED) is 0.809. The lowest BCUT2D eigenvalue weighted by Crippen LogP contribution is -2.35. The number of nitrogens with one attached hydrogen (secondary N) is 1. The van der Waals surface area contributed by atoms with E-state index in [9.17, 15) is 0 Å². The molecule has 0 bridgehead atoms. The fourth-order valence-electron chi connectivity index (χ4n) is 0.843. The Hall–Kier alpha value is -0.480. The molecule has 1 heterocycles. The molecule has 13 heavy (non-hydrogen) atoms. The van der Waals surface area contributed by atoms with Crippen molar-refractivity contribution in [1.29, 1.82) is 0 Å². The van der Waals surface area contributed by atoms with Crippen molar-refractivity contribution in [2.24, 2.45) is 0 Å². The van der Waals surface area contributed by atoms with E-state index in [2.05, 4.69) is 43.2 Å². The minimum absolute atomic E-state index is 0.151. The second kappa shape index (κ2) is 4.15. The number of rotatable bonds is 3. The van der Waals surface area contributed by atoms with Crippen LogP contribution in [0.2, 0.25) is 0 Å². The molecule has 1 aromatic heterocycles. The van der Waals surface area contributed by atoms with E-state index in [4.69, 9.17) is 0 Å². The molecule has 1 aromatic rings. The average molecular weight is 199 g/mol. The van der Waals surface area contributed by atoms with E-state index >= 15 is 0 Å². The van der Waals surface area contributed by atoms with Gasteiger partial charge in [0.1, 0.15) is 10.0 Å². The zero-order valence-electron chi connectivity index (χ0n) is 8.72. The van der Waals surface area contributed by atoms with Crippen LogP contribution in [-0.4, -0.2) is 15.7 Å². The van der Waals surface area contributed by atoms with Crippen LogP contribution in [0.15, 0.2) is 0 Å². The summed E-state index contributed by atoms with van der Waals surface area (Å²) in [5.74, 6) is 0. The van der Waals surface area contributed by atoms with E-state index in [0.717, 1.165) is 23.0 Å². The van der Waals surface area contributed by atoms with Crippen molar-refractivity contribution in [3.05, 3.63) is 10.0 Å². The summed E-state index contributed by atoms with van der Waals surface area (Å²) < 4.78 is 0. The Bertz CT molecular complexity index is 262. The fraction of sp³-hybridized carbons (Fsp3) is 0.778. The number of nitrogens with zero attached hydrogens (tertiary/aromatic N) is 2. The summed E-state index contributed by atoms with van der Waals surface area (Å²) in [6.07, 6.45) is 0.979. The maximum Gasteiger partial charge on any atom is 0.131 e. The highest BCUT2D eigenvalue weighted by atomic mass is 32.1. The Morgan fingerprint density at radius 3 is 2.31 bits per heavy atom. The van der Waals surface area contributed by atoms with Crippen LogP contribution in [0.1, 0.15) is 37.7 Å². The number of hydrogen-bond acceptors (Lipinski definition) is 4. The Labute approximate surface area is 83.6 Å². The van der Waals surface area contributed by atoms with Crippen LogP contribution in [0, 0.1) is 0 Å². The Balaban J connectivity index is 2.46. The highest BCUT2D eigenvalue weighted by molar-refractivity contribution is 7.11. The maximum atomic E-state index is 4.10. The third-order valence-electron chi connectivity index (χ3n) is 1.58. The molecule has 1 rings (SSSR count). The molecule has 0 fully saturated rings. The monoisotopic (exact) mass is 199 g/mol. The van der Waals surface area contributed by atoms with Crippen molar-refractivity contribution in [2.75, 3.05) is 0 Å². The minimum atomic E-state index is 0.151. The van der Waals surface area contributed by atoms with Gasteiger partial charge < -0.3 is 5.32 Å². The summed E-state index contributed by atoms with van der Waals surface area (Å²) >= 11 is 1.69. The van der Waals surface area contributed by atoms with E-state index in [1.165, 1.54) is 0 Å². The van der Waals surface area contributed by atoms with Crippen molar-refractivity contribution in [2.45, 2.75) is 46.2 Å². The summed E-state index contributed by atoms with van der Waals surface area (Å²) in [4.78, 5) is 0. The highest BCUT2D eigenvalue weighted by Gasteiger charge is 2.10. The molecule has 0 radical (unpaired) electrons. The standard InChI is InChI=1S/C9H17N3S/c1-5-7-11-12-8(13-7)6-10-9(2,3)4/h10H,5-6H2,1-4H3. The van der Waals surface area contributed by atoms with E-state index in [1.54, 1.807) is 11.3 Å². The van der Waals surface area contributed by atoms with Gasteiger partial charge in [0, 0.05) is 5.54 Å². The van der Waals surface area contributed by atoms with Crippen LogP contribution >= 0.6 is 11.3 Å². The van der Waals surface area contributed by atoms with E-state index in [-0.39, 0.29) is 5.54 Å². The van der Waals surface area contributed by atoms with Gasteiger partial charge in [0.15, 0.2) is 0 Å². The molecule has 0 saturated heterocycles. The van der Waals surface area contributed by atoms with Crippen LogP contribution < -0.4 is 5.32 Å². The molecule has 0 amide bonds. The fourth-order valence-corrected chi connectivity index (χ4v) is 1.57. The second-order valence-electron chi connectivity index (χ2n) is 4.05. The smallest absolute Gasteiger partial charge is 0.131 e. The minimum Gasteiger partial charge on any atom is -0.306 e.